The van der Waals surface area contributed by atoms with Gasteiger partial charge in [0.25, 0.3) is 0 Å². The molecule has 0 spiro atoms. The topological polar surface area (TPSA) is 74.5 Å². The molecular weight excluding hydrogens is 166 g/mol. The molecule has 0 N–H and O–H groups in total. The maximum absolute atomic E-state index is 8.00. The van der Waals surface area contributed by atoms with E-state index in [1.54, 1.807) is 24.5 Å². The molecule has 0 aliphatic heterocycles. The highest BCUT2D eigenvalue weighted by atomic mass is 15.1. The smallest absolute Gasteiger partial charge is 0.0812 e. The zero-order valence-corrected chi connectivity index (χ0v) is 7.25. The van der Waals surface area contributed by atoms with E-state index in [2.05, 4.69) is 20.0 Å². The SMILES string of the molecule is Cc1cncc(C=CCN=[N+]=[N-])n1. The number of aromatic nitrogens is 2. The van der Waals surface area contributed by atoms with Crippen LogP contribution >= 0.6 is 0 Å². The Kier molecular flexibility index (Phi) is 3.47. The van der Waals surface area contributed by atoms with Crippen molar-refractivity contribution in [2.24, 2.45) is 5.11 Å². The van der Waals surface area contributed by atoms with E-state index in [1.165, 1.54) is 0 Å². The Hall–Kier alpha value is -1.87. The van der Waals surface area contributed by atoms with Gasteiger partial charge in [0.15, 0.2) is 0 Å². The molecule has 5 heteroatoms. The lowest BCUT2D eigenvalue weighted by Gasteiger charge is -1.92. The van der Waals surface area contributed by atoms with Gasteiger partial charge in [0, 0.05) is 17.7 Å². The first-order chi connectivity index (χ1) is 6.33. The molecule has 0 unspecified atom stereocenters. The Bertz CT molecular complexity index is 351. The van der Waals surface area contributed by atoms with Gasteiger partial charge in [-0.2, -0.15) is 0 Å². The van der Waals surface area contributed by atoms with Crippen molar-refractivity contribution < 1.29 is 0 Å². The third-order valence-electron chi connectivity index (χ3n) is 1.31. The summed E-state index contributed by atoms with van der Waals surface area (Å²) in [5, 5.41) is 3.35. The highest BCUT2D eigenvalue weighted by molar-refractivity contribution is 5.43. The first-order valence-corrected chi connectivity index (χ1v) is 3.79. The molecule has 0 saturated carbocycles. The van der Waals surface area contributed by atoms with Gasteiger partial charge in [-0.25, -0.2) is 0 Å². The second-order valence-corrected chi connectivity index (χ2v) is 2.40. The zero-order valence-electron chi connectivity index (χ0n) is 7.25. The van der Waals surface area contributed by atoms with E-state index in [9.17, 15) is 0 Å². The van der Waals surface area contributed by atoms with Crippen LogP contribution in [0.5, 0.6) is 0 Å². The minimum atomic E-state index is 0.339. The van der Waals surface area contributed by atoms with Crippen molar-refractivity contribution >= 4 is 6.08 Å². The summed E-state index contributed by atoms with van der Waals surface area (Å²) < 4.78 is 0. The Morgan fingerprint density at radius 1 is 1.62 bits per heavy atom. The van der Waals surface area contributed by atoms with Crippen LogP contribution in [0.2, 0.25) is 0 Å². The minimum absolute atomic E-state index is 0.339. The largest absolute Gasteiger partial charge is 0.261 e. The van der Waals surface area contributed by atoms with E-state index in [-0.39, 0.29) is 0 Å². The van der Waals surface area contributed by atoms with Gasteiger partial charge in [-0.15, -0.1) is 0 Å². The predicted molar refractivity (Wildman–Crippen MR) is 49.8 cm³/mol. The fourth-order valence-corrected chi connectivity index (χ4v) is 0.820. The van der Waals surface area contributed by atoms with E-state index in [1.807, 2.05) is 6.92 Å². The van der Waals surface area contributed by atoms with E-state index in [0.29, 0.717) is 6.54 Å². The third kappa shape index (κ3) is 3.35. The van der Waals surface area contributed by atoms with Crippen LogP contribution in [-0.2, 0) is 0 Å². The van der Waals surface area contributed by atoms with Crippen molar-refractivity contribution in [2.45, 2.75) is 6.92 Å². The van der Waals surface area contributed by atoms with Gasteiger partial charge in [-0.3, -0.25) is 9.97 Å². The van der Waals surface area contributed by atoms with Gasteiger partial charge in [0.1, 0.15) is 0 Å². The highest BCUT2D eigenvalue weighted by Crippen LogP contribution is 1.97. The van der Waals surface area contributed by atoms with Gasteiger partial charge >= 0.3 is 0 Å². The van der Waals surface area contributed by atoms with E-state index in [4.69, 9.17) is 5.53 Å². The summed E-state index contributed by atoms with van der Waals surface area (Å²) >= 11 is 0. The first-order valence-electron chi connectivity index (χ1n) is 3.79. The summed E-state index contributed by atoms with van der Waals surface area (Å²) in [4.78, 5) is 10.8. The Labute approximate surface area is 75.8 Å². The zero-order chi connectivity index (χ0) is 9.52. The molecule has 13 heavy (non-hydrogen) atoms. The normalized spacial score (nSPS) is 9.92. The molecule has 0 amide bonds. The van der Waals surface area contributed by atoms with Gasteiger partial charge in [0.05, 0.1) is 17.6 Å². The maximum Gasteiger partial charge on any atom is 0.0812 e. The molecule has 1 aromatic rings. The van der Waals surface area contributed by atoms with Crippen LogP contribution in [0.25, 0.3) is 16.5 Å². The summed E-state index contributed by atoms with van der Waals surface area (Å²) in [7, 11) is 0. The summed E-state index contributed by atoms with van der Waals surface area (Å²) in [6, 6.07) is 0. The van der Waals surface area contributed by atoms with Crippen LogP contribution < -0.4 is 0 Å². The number of hydrogen-bond donors (Lipinski definition) is 0. The van der Waals surface area contributed by atoms with Crippen LogP contribution in [0, 0.1) is 6.92 Å². The number of azide groups is 1. The second-order valence-electron chi connectivity index (χ2n) is 2.40. The van der Waals surface area contributed by atoms with Crippen LogP contribution in [0.4, 0.5) is 0 Å². The van der Waals surface area contributed by atoms with Gasteiger partial charge in [0.2, 0.25) is 0 Å². The predicted octanol–water partition coefficient (Wildman–Crippen LogP) is 2.11. The fourth-order valence-electron chi connectivity index (χ4n) is 0.820. The molecule has 0 aliphatic rings. The van der Waals surface area contributed by atoms with Crippen molar-refractivity contribution in [3.63, 3.8) is 0 Å². The monoisotopic (exact) mass is 175 g/mol. The van der Waals surface area contributed by atoms with Crippen molar-refractivity contribution in [1.82, 2.24) is 9.97 Å². The summed E-state index contributed by atoms with van der Waals surface area (Å²) in [5.74, 6) is 0. The van der Waals surface area contributed by atoms with Crippen LogP contribution in [0.1, 0.15) is 11.4 Å². The van der Waals surface area contributed by atoms with Crippen molar-refractivity contribution in [3.05, 3.63) is 40.3 Å². The second kappa shape index (κ2) is 4.90. The molecule has 0 saturated heterocycles. The van der Waals surface area contributed by atoms with E-state index in [0.717, 1.165) is 11.4 Å². The lowest BCUT2D eigenvalue weighted by atomic mass is 10.4. The summed E-state index contributed by atoms with van der Waals surface area (Å²) in [5.41, 5.74) is 9.64. The van der Waals surface area contributed by atoms with Crippen LogP contribution in [-0.4, -0.2) is 16.5 Å². The third-order valence-corrected chi connectivity index (χ3v) is 1.31. The molecule has 1 aromatic heterocycles. The summed E-state index contributed by atoms with van der Waals surface area (Å²) in [6.07, 6.45) is 6.85. The highest BCUT2D eigenvalue weighted by Gasteiger charge is 1.88. The molecule has 0 fully saturated rings. The summed E-state index contributed by atoms with van der Waals surface area (Å²) in [6.45, 7) is 2.21. The first kappa shape index (κ1) is 9.22. The number of nitrogens with zero attached hydrogens (tertiary/aromatic N) is 5. The molecule has 5 nitrogen and oxygen atoms in total. The average Bonchev–Trinajstić information content (AvgIpc) is 2.13. The molecule has 1 rings (SSSR count). The molecule has 1 heterocycles. The fraction of sp³-hybridized carbons (Fsp3) is 0.250. The number of aryl methyl sites for hydroxylation is 1. The maximum atomic E-state index is 8.00. The van der Waals surface area contributed by atoms with E-state index < -0.39 is 0 Å². The van der Waals surface area contributed by atoms with Gasteiger partial charge < -0.3 is 0 Å². The van der Waals surface area contributed by atoms with Gasteiger partial charge in [-0.05, 0) is 18.5 Å². The molecule has 0 aromatic carbocycles. The molecule has 0 atom stereocenters. The van der Waals surface area contributed by atoms with Crippen LogP contribution in [0.3, 0.4) is 0 Å². The Morgan fingerprint density at radius 3 is 3.15 bits per heavy atom. The number of hydrogen-bond acceptors (Lipinski definition) is 3. The van der Waals surface area contributed by atoms with E-state index >= 15 is 0 Å². The molecule has 0 radical (unpaired) electrons. The van der Waals surface area contributed by atoms with Crippen molar-refractivity contribution in [1.29, 1.82) is 0 Å². The molecular formula is C8H9N5. The van der Waals surface area contributed by atoms with Crippen molar-refractivity contribution in [3.8, 4) is 0 Å². The lowest BCUT2D eigenvalue weighted by Crippen LogP contribution is -1.86. The average molecular weight is 175 g/mol. The van der Waals surface area contributed by atoms with Crippen molar-refractivity contribution in [2.75, 3.05) is 6.54 Å². The number of rotatable bonds is 3. The van der Waals surface area contributed by atoms with Crippen LogP contribution in [0.15, 0.2) is 23.6 Å². The standard InChI is InChI=1S/C8H9N5/c1-7-5-10-6-8(12-7)3-2-4-11-13-9/h2-3,5-6H,4H2,1H3. The molecule has 0 aliphatic carbocycles. The quantitative estimate of drug-likeness (QED) is 0.400. The molecule has 0 bridgehead atoms. The lowest BCUT2D eigenvalue weighted by molar-refractivity contribution is 1.10. The Balaban J connectivity index is 2.63. The minimum Gasteiger partial charge on any atom is -0.261 e. The molecule has 66 valence electrons. The van der Waals surface area contributed by atoms with Gasteiger partial charge in [-0.1, -0.05) is 11.2 Å². The Morgan fingerprint density at radius 2 is 2.46 bits per heavy atom.